The maximum Gasteiger partial charge on any atom is 0.223 e. The zero-order valence-electron chi connectivity index (χ0n) is 11.4. The number of carbonyl (C=O) groups excluding carboxylic acids is 1. The lowest BCUT2D eigenvalue weighted by molar-refractivity contribution is -0.133. The first kappa shape index (κ1) is 13.1. The van der Waals surface area contributed by atoms with Gasteiger partial charge in [-0.3, -0.25) is 4.79 Å². The molecular formula is C16H23NO. The summed E-state index contributed by atoms with van der Waals surface area (Å²) in [6.45, 7) is 6.27. The molecule has 1 saturated heterocycles. The van der Waals surface area contributed by atoms with Gasteiger partial charge in [0.25, 0.3) is 0 Å². The quantitative estimate of drug-likeness (QED) is 0.799. The highest BCUT2D eigenvalue weighted by Gasteiger charge is 2.22. The first-order chi connectivity index (χ1) is 8.66. The van der Waals surface area contributed by atoms with Gasteiger partial charge in [0.05, 0.1) is 0 Å². The molecule has 0 radical (unpaired) electrons. The number of hydrogen-bond acceptors (Lipinski definition) is 1. The van der Waals surface area contributed by atoms with Crippen molar-refractivity contribution in [1.29, 1.82) is 0 Å². The number of carbonyl (C=O) groups is 1. The van der Waals surface area contributed by atoms with Crippen molar-refractivity contribution in [3.63, 3.8) is 0 Å². The van der Waals surface area contributed by atoms with Crippen molar-refractivity contribution >= 4 is 5.91 Å². The van der Waals surface area contributed by atoms with Crippen LogP contribution < -0.4 is 0 Å². The van der Waals surface area contributed by atoms with E-state index in [4.69, 9.17) is 0 Å². The van der Waals surface area contributed by atoms with Crippen molar-refractivity contribution in [3.8, 4) is 0 Å². The Balaban J connectivity index is 1.91. The van der Waals surface area contributed by atoms with Crippen molar-refractivity contribution in [3.05, 3.63) is 35.9 Å². The summed E-state index contributed by atoms with van der Waals surface area (Å²) in [5.41, 5.74) is 1.26. The third-order valence-electron chi connectivity index (χ3n) is 3.86. The number of nitrogens with zero attached hydrogens (tertiary/aromatic N) is 1. The minimum absolute atomic E-state index is 0.316. The maximum absolute atomic E-state index is 12.3. The van der Waals surface area contributed by atoms with Gasteiger partial charge >= 0.3 is 0 Å². The maximum atomic E-state index is 12.3. The highest BCUT2D eigenvalue weighted by Crippen LogP contribution is 2.22. The van der Waals surface area contributed by atoms with Gasteiger partial charge in [0.2, 0.25) is 5.91 Å². The zero-order chi connectivity index (χ0) is 13.0. The van der Waals surface area contributed by atoms with Crippen LogP contribution in [0.2, 0.25) is 0 Å². The molecule has 0 bridgehead atoms. The average Bonchev–Trinajstić information content (AvgIpc) is 2.39. The first-order valence-corrected chi connectivity index (χ1v) is 6.99. The van der Waals surface area contributed by atoms with E-state index in [1.54, 1.807) is 0 Å². The molecule has 1 aromatic carbocycles. The van der Waals surface area contributed by atoms with Gasteiger partial charge < -0.3 is 4.90 Å². The molecule has 0 spiro atoms. The zero-order valence-corrected chi connectivity index (χ0v) is 11.4. The molecule has 0 N–H and O–H groups in total. The van der Waals surface area contributed by atoms with Crippen molar-refractivity contribution < 1.29 is 4.79 Å². The fraction of sp³-hybridized carbons (Fsp3) is 0.562. The molecule has 1 amide bonds. The highest BCUT2D eigenvalue weighted by atomic mass is 16.2. The van der Waals surface area contributed by atoms with Crippen LogP contribution >= 0.6 is 0 Å². The smallest absolute Gasteiger partial charge is 0.223 e. The van der Waals surface area contributed by atoms with Crippen molar-refractivity contribution in [2.75, 3.05) is 13.1 Å². The molecule has 2 unspecified atom stereocenters. The molecule has 2 nitrogen and oxygen atoms in total. The summed E-state index contributed by atoms with van der Waals surface area (Å²) in [5.74, 6) is 1.29. The van der Waals surface area contributed by atoms with E-state index in [2.05, 4.69) is 26.0 Å². The van der Waals surface area contributed by atoms with Gasteiger partial charge in [-0.15, -0.1) is 0 Å². The Bertz CT molecular complexity index is 387. The molecular weight excluding hydrogens is 222 g/mol. The second-order valence-corrected chi connectivity index (χ2v) is 5.60. The Labute approximate surface area is 110 Å². The normalized spacial score (nSPS) is 21.7. The third kappa shape index (κ3) is 3.34. The molecule has 0 saturated carbocycles. The van der Waals surface area contributed by atoms with Crippen LogP contribution in [-0.4, -0.2) is 23.9 Å². The lowest BCUT2D eigenvalue weighted by Gasteiger charge is -2.31. The van der Waals surface area contributed by atoms with Gasteiger partial charge in [0.1, 0.15) is 0 Å². The molecule has 1 fully saturated rings. The number of piperidine rings is 1. The minimum Gasteiger partial charge on any atom is -0.342 e. The van der Waals surface area contributed by atoms with Crippen molar-refractivity contribution in [1.82, 2.24) is 4.90 Å². The Morgan fingerprint density at radius 1 is 1.39 bits per heavy atom. The summed E-state index contributed by atoms with van der Waals surface area (Å²) in [7, 11) is 0. The van der Waals surface area contributed by atoms with E-state index < -0.39 is 0 Å². The Morgan fingerprint density at radius 3 is 2.78 bits per heavy atom. The molecule has 18 heavy (non-hydrogen) atoms. The highest BCUT2D eigenvalue weighted by molar-refractivity contribution is 5.77. The van der Waals surface area contributed by atoms with Gasteiger partial charge in [-0.2, -0.15) is 0 Å². The minimum atomic E-state index is 0.316. The molecule has 1 aliphatic heterocycles. The van der Waals surface area contributed by atoms with E-state index in [0.29, 0.717) is 24.2 Å². The van der Waals surface area contributed by atoms with Crippen LogP contribution in [-0.2, 0) is 4.79 Å². The Hall–Kier alpha value is -1.31. The predicted molar refractivity (Wildman–Crippen MR) is 74.5 cm³/mol. The van der Waals surface area contributed by atoms with Gasteiger partial charge in [0, 0.05) is 19.5 Å². The van der Waals surface area contributed by atoms with Crippen LogP contribution in [0.4, 0.5) is 0 Å². The summed E-state index contributed by atoms with van der Waals surface area (Å²) in [6.07, 6.45) is 3.06. The van der Waals surface area contributed by atoms with E-state index in [1.807, 2.05) is 23.1 Å². The van der Waals surface area contributed by atoms with E-state index in [9.17, 15) is 4.79 Å². The standard InChI is InChI=1S/C16H23NO/c1-13-7-6-10-17(12-13)16(18)11-14(2)15-8-4-3-5-9-15/h3-5,8-9,13-14H,6-7,10-12H2,1-2H3. The number of amides is 1. The second-order valence-electron chi connectivity index (χ2n) is 5.60. The number of rotatable bonds is 3. The van der Waals surface area contributed by atoms with Gasteiger partial charge in [0.15, 0.2) is 0 Å². The van der Waals surface area contributed by atoms with Crippen molar-refractivity contribution in [2.24, 2.45) is 5.92 Å². The average molecular weight is 245 g/mol. The fourth-order valence-corrected chi connectivity index (χ4v) is 2.71. The monoisotopic (exact) mass is 245 g/mol. The predicted octanol–water partition coefficient (Wildman–Crippen LogP) is 3.44. The van der Waals surface area contributed by atoms with Crippen molar-refractivity contribution in [2.45, 2.75) is 39.0 Å². The number of hydrogen-bond donors (Lipinski definition) is 0. The lowest BCUT2D eigenvalue weighted by atomic mass is 9.95. The summed E-state index contributed by atoms with van der Waals surface area (Å²) >= 11 is 0. The molecule has 1 aromatic rings. The lowest BCUT2D eigenvalue weighted by Crippen LogP contribution is -2.39. The molecule has 0 aromatic heterocycles. The molecule has 0 aliphatic carbocycles. The Kier molecular flexibility index (Phi) is 4.40. The van der Waals surface area contributed by atoms with Crippen LogP contribution in [0.15, 0.2) is 30.3 Å². The van der Waals surface area contributed by atoms with Gasteiger partial charge in [-0.1, -0.05) is 44.2 Å². The largest absolute Gasteiger partial charge is 0.342 e. The van der Waals surface area contributed by atoms with Crippen LogP contribution in [0.1, 0.15) is 44.6 Å². The summed E-state index contributed by atoms with van der Waals surface area (Å²) in [6, 6.07) is 10.3. The third-order valence-corrected chi connectivity index (χ3v) is 3.86. The number of likely N-dealkylation sites (tertiary alicyclic amines) is 1. The fourth-order valence-electron chi connectivity index (χ4n) is 2.71. The van der Waals surface area contributed by atoms with E-state index in [-0.39, 0.29) is 0 Å². The summed E-state index contributed by atoms with van der Waals surface area (Å²) < 4.78 is 0. The summed E-state index contributed by atoms with van der Waals surface area (Å²) in [5, 5.41) is 0. The first-order valence-electron chi connectivity index (χ1n) is 6.99. The molecule has 98 valence electrons. The van der Waals surface area contributed by atoms with Crippen LogP contribution in [0.5, 0.6) is 0 Å². The van der Waals surface area contributed by atoms with E-state index in [0.717, 1.165) is 19.5 Å². The molecule has 1 heterocycles. The molecule has 2 atom stereocenters. The summed E-state index contributed by atoms with van der Waals surface area (Å²) in [4.78, 5) is 14.3. The second kappa shape index (κ2) is 6.03. The number of benzene rings is 1. The topological polar surface area (TPSA) is 20.3 Å². The Morgan fingerprint density at radius 2 is 2.11 bits per heavy atom. The molecule has 2 heteroatoms. The van der Waals surface area contributed by atoms with Crippen LogP contribution in [0, 0.1) is 5.92 Å². The van der Waals surface area contributed by atoms with Crippen LogP contribution in [0.25, 0.3) is 0 Å². The van der Waals surface area contributed by atoms with E-state index in [1.165, 1.54) is 12.0 Å². The SMILES string of the molecule is CC1CCCN(C(=O)CC(C)c2ccccc2)C1. The van der Waals surface area contributed by atoms with Gasteiger partial charge in [-0.05, 0) is 30.2 Å². The molecule has 1 aliphatic rings. The van der Waals surface area contributed by atoms with Gasteiger partial charge in [-0.25, -0.2) is 0 Å². The van der Waals surface area contributed by atoms with Crippen LogP contribution in [0.3, 0.4) is 0 Å². The molecule has 2 rings (SSSR count). The van der Waals surface area contributed by atoms with E-state index >= 15 is 0 Å².